The van der Waals surface area contributed by atoms with Gasteiger partial charge in [0, 0.05) is 17.6 Å². The van der Waals surface area contributed by atoms with Gasteiger partial charge in [0.1, 0.15) is 23.1 Å². The smallest absolute Gasteiger partial charge is 0.233 e. The van der Waals surface area contributed by atoms with Gasteiger partial charge < -0.3 is 14.4 Å². The first kappa shape index (κ1) is 17.5. The van der Waals surface area contributed by atoms with E-state index in [1.54, 1.807) is 7.11 Å². The molecule has 2 aromatic carbocycles. The van der Waals surface area contributed by atoms with E-state index in [9.17, 15) is 4.79 Å². The molecule has 1 amide bonds. The van der Waals surface area contributed by atoms with Crippen LogP contribution in [0.15, 0.2) is 53.9 Å². The molecule has 0 radical (unpaired) electrons. The van der Waals surface area contributed by atoms with Crippen LogP contribution in [-0.2, 0) is 24.2 Å². The Morgan fingerprint density at radius 1 is 1.15 bits per heavy atom. The minimum absolute atomic E-state index is 0.0906. The number of hydrogen-bond acceptors (Lipinski definition) is 5. The predicted octanol–water partition coefficient (Wildman–Crippen LogP) is 3.86. The first-order valence-electron chi connectivity index (χ1n) is 8.81. The van der Waals surface area contributed by atoms with Crippen LogP contribution in [0.5, 0.6) is 11.5 Å². The number of thiazole rings is 1. The Morgan fingerprint density at radius 3 is 2.74 bits per heavy atom. The number of carbonyl (C=O) groups is 1. The molecule has 0 saturated heterocycles. The second-order valence-corrected chi connectivity index (χ2v) is 7.24. The van der Waals surface area contributed by atoms with Crippen LogP contribution in [0.4, 0.5) is 5.69 Å². The molecular weight excluding hydrogens is 360 g/mol. The van der Waals surface area contributed by atoms with Crippen molar-refractivity contribution in [1.29, 1.82) is 0 Å². The molecule has 138 valence electrons. The number of carbonyl (C=O) groups excluding carboxylic acids is 1. The Bertz CT molecular complexity index is 937. The van der Waals surface area contributed by atoms with Gasteiger partial charge in [-0.15, -0.1) is 11.3 Å². The van der Waals surface area contributed by atoms with Gasteiger partial charge >= 0.3 is 0 Å². The number of rotatable bonds is 6. The minimum atomic E-state index is 0.0906. The highest BCUT2D eigenvalue weighted by atomic mass is 32.1. The van der Waals surface area contributed by atoms with Crippen LogP contribution >= 0.6 is 11.3 Å². The Labute approximate surface area is 162 Å². The van der Waals surface area contributed by atoms with Gasteiger partial charge in [-0.2, -0.15) is 0 Å². The fraction of sp³-hybridized carbons (Fsp3) is 0.238. The normalized spacial score (nSPS) is 12.7. The summed E-state index contributed by atoms with van der Waals surface area (Å²) in [6.07, 6.45) is 1.23. The molecule has 0 atom stereocenters. The highest BCUT2D eigenvalue weighted by molar-refractivity contribution is 7.09. The van der Waals surface area contributed by atoms with Crippen LogP contribution < -0.4 is 14.4 Å². The zero-order chi connectivity index (χ0) is 18.6. The summed E-state index contributed by atoms with van der Waals surface area (Å²) in [6.45, 7) is 1.13. The molecule has 5 nitrogen and oxygen atoms in total. The van der Waals surface area contributed by atoms with Crippen molar-refractivity contribution in [2.24, 2.45) is 0 Å². The molecule has 3 aromatic rings. The standard InChI is InChI=1S/C21H20N2O3S/c1-25-17-6-8-18(9-7-17)26-13-20-22-16(14-27-20)12-21(24)23-11-10-15-4-2-3-5-19(15)23/h2-9,14H,10-13H2,1H3. The highest BCUT2D eigenvalue weighted by Crippen LogP contribution is 2.28. The SMILES string of the molecule is COc1ccc(OCc2nc(CC(=O)N3CCc4ccccc43)cs2)cc1. The number of benzene rings is 2. The van der Waals surface area contributed by atoms with Crippen molar-refractivity contribution < 1.29 is 14.3 Å². The summed E-state index contributed by atoms with van der Waals surface area (Å²) in [6, 6.07) is 15.5. The molecule has 4 rings (SSSR count). The molecule has 0 fully saturated rings. The number of fused-ring (bicyclic) bond motifs is 1. The number of para-hydroxylation sites is 1. The monoisotopic (exact) mass is 380 g/mol. The lowest BCUT2D eigenvalue weighted by Crippen LogP contribution is -2.30. The lowest BCUT2D eigenvalue weighted by Gasteiger charge is -2.16. The second-order valence-electron chi connectivity index (χ2n) is 6.30. The van der Waals surface area contributed by atoms with Gasteiger partial charge in [0.2, 0.25) is 5.91 Å². The van der Waals surface area contributed by atoms with Crippen LogP contribution in [0.1, 0.15) is 16.3 Å². The van der Waals surface area contributed by atoms with E-state index in [4.69, 9.17) is 9.47 Å². The van der Waals surface area contributed by atoms with E-state index < -0.39 is 0 Å². The lowest BCUT2D eigenvalue weighted by atomic mass is 10.2. The zero-order valence-electron chi connectivity index (χ0n) is 15.1. The van der Waals surface area contributed by atoms with Gasteiger partial charge in [0.05, 0.1) is 19.2 Å². The summed E-state index contributed by atoms with van der Waals surface area (Å²) < 4.78 is 10.9. The van der Waals surface area contributed by atoms with E-state index in [-0.39, 0.29) is 5.91 Å². The number of methoxy groups -OCH3 is 1. The average Bonchev–Trinajstić information content (AvgIpc) is 3.33. The van der Waals surface area contributed by atoms with Crippen LogP contribution in [0.2, 0.25) is 0 Å². The van der Waals surface area contributed by atoms with Crippen LogP contribution in [0.25, 0.3) is 0 Å². The molecule has 0 N–H and O–H groups in total. The van der Waals surface area contributed by atoms with Gasteiger partial charge in [-0.25, -0.2) is 4.98 Å². The Kier molecular flexibility index (Phi) is 5.07. The maximum absolute atomic E-state index is 12.7. The van der Waals surface area contributed by atoms with Crippen molar-refractivity contribution in [3.8, 4) is 11.5 Å². The largest absolute Gasteiger partial charge is 0.497 e. The number of nitrogens with zero attached hydrogens (tertiary/aromatic N) is 2. The number of anilines is 1. The van der Waals surface area contributed by atoms with Crippen molar-refractivity contribution in [1.82, 2.24) is 4.98 Å². The van der Waals surface area contributed by atoms with E-state index >= 15 is 0 Å². The first-order chi connectivity index (χ1) is 13.2. The fourth-order valence-electron chi connectivity index (χ4n) is 3.16. The van der Waals surface area contributed by atoms with Gasteiger partial charge in [-0.1, -0.05) is 18.2 Å². The average molecular weight is 380 g/mol. The highest BCUT2D eigenvalue weighted by Gasteiger charge is 2.24. The summed E-state index contributed by atoms with van der Waals surface area (Å²) in [5.74, 6) is 1.64. The molecule has 0 spiro atoms. The quantitative estimate of drug-likeness (QED) is 0.652. The third-order valence-corrected chi connectivity index (χ3v) is 5.41. The minimum Gasteiger partial charge on any atom is -0.497 e. The van der Waals surface area contributed by atoms with E-state index in [1.807, 2.05) is 52.7 Å². The Hall–Kier alpha value is -2.86. The predicted molar refractivity (Wildman–Crippen MR) is 106 cm³/mol. The molecule has 0 saturated carbocycles. The molecule has 1 aliphatic heterocycles. The molecule has 0 bridgehead atoms. The van der Waals surface area contributed by atoms with Crippen molar-refractivity contribution in [2.75, 3.05) is 18.6 Å². The molecule has 6 heteroatoms. The summed E-state index contributed by atoms with van der Waals surface area (Å²) in [5.41, 5.74) is 3.06. The van der Waals surface area contributed by atoms with Crippen molar-refractivity contribution in [3.05, 3.63) is 70.2 Å². The number of ether oxygens (including phenoxy) is 2. The zero-order valence-corrected chi connectivity index (χ0v) is 15.9. The van der Waals surface area contributed by atoms with Gasteiger partial charge in [0.15, 0.2) is 0 Å². The second kappa shape index (κ2) is 7.80. The van der Waals surface area contributed by atoms with Crippen LogP contribution in [0.3, 0.4) is 0 Å². The van der Waals surface area contributed by atoms with E-state index in [0.717, 1.165) is 40.9 Å². The van der Waals surface area contributed by atoms with Crippen molar-refractivity contribution >= 4 is 22.9 Å². The third-order valence-electron chi connectivity index (χ3n) is 4.54. The van der Waals surface area contributed by atoms with E-state index in [1.165, 1.54) is 16.9 Å². The molecule has 0 unspecified atom stereocenters. The number of aromatic nitrogens is 1. The summed E-state index contributed by atoms with van der Waals surface area (Å²) in [5, 5.41) is 2.79. The fourth-order valence-corrected chi connectivity index (χ4v) is 3.87. The van der Waals surface area contributed by atoms with E-state index in [0.29, 0.717) is 13.0 Å². The molecule has 27 heavy (non-hydrogen) atoms. The number of amides is 1. The summed E-state index contributed by atoms with van der Waals surface area (Å²) in [7, 11) is 1.63. The van der Waals surface area contributed by atoms with Gasteiger partial charge in [-0.3, -0.25) is 4.79 Å². The van der Waals surface area contributed by atoms with Gasteiger partial charge in [-0.05, 0) is 42.3 Å². The topological polar surface area (TPSA) is 51.7 Å². The Balaban J connectivity index is 1.34. The van der Waals surface area contributed by atoms with E-state index in [2.05, 4.69) is 11.1 Å². The molecule has 2 heterocycles. The maximum Gasteiger partial charge on any atom is 0.233 e. The third kappa shape index (κ3) is 3.95. The maximum atomic E-state index is 12.7. The molecule has 1 aliphatic rings. The molecular formula is C21H20N2O3S. The summed E-state index contributed by atoms with van der Waals surface area (Å²) in [4.78, 5) is 19.1. The first-order valence-corrected chi connectivity index (χ1v) is 9.69. The van der Waals surface area contributed by atoms with Crippen molar-refractivity contribution in [3.63, 3.8) is 0 Å². The Morgan fingerprint density at radius 2 is 1.93 bits per heavy atom. The van der Waals surface area contributed by atoms with Crippen molar-refractivity contribution in [2.45, 2.75) is 19.4 Å². The lowest BCUT2D eigenvalue weighted by molar-refractivity contribution is -0.117. The molecule has 1 aromatic heterocycles. The molecule has 0 aliphatic carbocycles. The summed E-state index contributed by atoms with van der Waals surface area (Å²) >= 11 is 1.52. The van der Waals surface area contributed by atoms with Crippen LogP contribution in [-0.4, -0.2) is 24.5 Å². The number of hydrogen-bond donors (Lipinski definition) is 0. The van der Waals surface area contributed by atoms with Crippen LogP contribution in [0, 0.1) is 0 Å². The van der Waals surface area contributed by atoms with Gasteiger partial charge in [0.25, 0.3) is 0 Å².